The summed E-state index contributed by atoms with van der Waals surface area (Å²) in [5.41, 5.74) is -3.17. The van der Waals surface area contributed by atoms with Gasteiger partial charge in [0.1, 0.15) is 12.5 Å². The van der Waals surface area contributed by atoms with Crippen LogP contribution in [0.5, 0.6) is 5.75 Å². The van der Waals surface area contributed by atoms with Crippen molar-refractivity contribution in [1.29, 1.82) is 0 Å². The number of alkyl halides is 3. The van der Waals surface area contributed by atoms with Gasteiger partial charge in [0.25, 0.3) is 5.56 Å². The van der Waals surface area contributed by atoms with Crippen LogP contribution in [0.15, 0.2) is 39.3 Å². The van der Waals surface area contributed by atoms with E-state index in [1.54, 1.807) is 17.2 Å². The van der Waals surface area contributed by atoms with Gasteiger partial charge in [-0.3, -0.25) is 9.89 Å². The van der Waals surface area contributed by atoms with Crippen molar-refractivity contribution in [1.82, 2.24) is 9.78 Å². The fraction of sp³-hybridized carbons (Fsp3) is 0.250. The molecule has 7 nitrogen and oxygen atoms in total. The van der Waals surface area contributed by atoms with Crippen molar-refractivity contribution >= 4 is 11.4 Å². The molecule has 0 aliphatic rings. The first-order chi connectivity index (χ1) is 10.4. The lowest BCUT2D eigenvalue weighted by Gasteiger charge is -2.03. The van der Waals surface area contributed by atoms with E-state index in [1.807, 2.05) is 0 Å². The molecule has 0 radical (unpaired) electrons. The number of ether oxygens (including phenoxy) is 1. The van der Waals surface area contributed by atoms with Crippen LogP contribution in [0.25, 0.3) is 0 Å². The van der Waals surface area contributed by atoms with Crippen LogP contribution >= 0.6 is 0 Å². The quantitative estimate of drug-likeness (QED) is 0.849. The molecule has 0 saturated heterocycles. The normalized spacial score (nSPS) is 12.0. The highest BCUT2D eigenvalue weighted by Crippen LogP contribution is 2.33. The number of rotatable bonds is 4. The molecule has 2 aromatic rings. The largest absolute Gasteiger partial charge is 0.497 e. The monoisotopic (exact) mass is 316 g/mol. The molecule has 2 N–H and O–H groups in total. The van der Waals surface area contributed by atoms with Gasteiger partial charge >= 0.3 is 6.18 Å². The molecule has 1 aromatic heterocycles. The molecule has 0 spiro atoms. The Bertz CT molecular complexity index is 732. The first-order valence-corrected chi connectivity index (χ1v) is 5.93. The van der Waals surface area contributed by atoms with Gasteiger partial charge in [0, 0.05) is 0 Å². The van der Waals surface area contributed by atoms with Crippen LogP contribution in [-0.4, -0.2) is 22.0 Å². The summed E-state index contributed by atoms with van der Waals surface area (Å²) in [5.74, 6) is 0.541. The summed E-state index contributed by atoms with van der Waals surface area (Å²) in [4.78, 5) is 11.7. The number of aromatic nitrogens is 2. The number of nitrogens with zero attached hydrogens (tertiary/aromatic N) is 3. The summed E-state index contributed by atoms with van der Waals surface area (Å²) in [7, 11) is 1.46. The second-order valence-electron chi connectivity index (χ2n) is 4.11. The van der Waals surface area contributed by atoms with Crippen molar-refractivity contribution in [3.63, 3.8) is 0 Å². The smallest absolute Gasteiger partial charge is 0.435 e. The number of aromatic amines is 1. The van der Waals surface area contributed by atoms with Crippen molar-refractivity contribution in [3.05, 3.63) is 40.3 Å². The van der Waals surface area contributed by atoms with Gasteiger partial charge in [-0.2, -0.15) is 18.3 Å². The predicted octanol–water partition coefficient (Wildman–Crippen LogP) is 2.57. The van der Waals surface area contributed by atoms with Crippen molar-refractivity contribution in [3.8, 4) is 5.75 Å². The standard InChI is InChI=1S/C12H11F3N4O3/c1-22-8-4-2-7(3-5-8)16-17-9-10(12(13,14)15)18-19(6-20)11(9)21/h2-5,18,20H,6H2,1H3. The zero-order valence-electron chi connectivity index (χ0n) is 11.3. The third kappa shape index (κ3) is 3.17. The molecule has 2 rings (SSSR count). The molecule has 0 amide bonds. The molecule has 1 heterocycles. The third-order valence-corrected chi connectivity index (χ3v) is 2.69. The maximum absolute atomic E-state index is 12.8. The van der Waals surface area contributed by atoms with Crippen molar-refractivity contribution < 1.29 is 23.0 Å². The van der Waals surface area contributed by atoms with E-state index in [9.17, 15) is 18.0 Å². The molecule has 0 fully saturated rings. The van der Waals surface area contributed by atoms with E-state index in [-0.39, 0.29) is 5.69 Å². The van der Waals surface area contributed by atoms with E-state index in [2.05, 4.69) is 10.2 Å². The molecule has 0 atom stereocenters. The number of nitrogens with one attached hydrogen (secondary N) is 1. The summed E-state index contributed by atoms with van der Waals surface area (Å²) in [6.45, 7) is -0.931. The van der Waals surface area contributed by atoms with Crippen LogP contribution in [-0.2, 0) is 12.9 Å². The van der Waals surface area contributed by atoms with Gasteiger partial charge in [0.2, 0.25) is 0 Å². The average Bonchev–Trinajstić information content (AvgIpc) is 2.82. The van der Waals surface area contributed by atoms with Gasteiger partial charge in [-0.25, -0.2) is 4.68 Å². The molecule has 0 aliphatic carbocycles. The van der Waals surface area contributed by atoms with Gasteiger partial charge in [-0.15, -0.1) is 5.11 Å². The summed E-state index contributed by atoms with van der Waals surface area (Å²) >= 11 is 0. The Morgan fingerprint density at radius 3 is 2.41 bits per heavy atom. The number of methoxy groups -OCH3 is 1. The first-order valence-electron chi connectivity index (χ1n) is 5.93. The van der Waals surface area contributed by atoms with Gasteiger partial charge in [-0.1, -0.05) is 0 Å². The fourth-order valence-electron chi connectivity index (χ4n) is 1.62. The van der Waals surface area contributed by atoms with Crippen LogP contribution < -0.4 is 10.3 Å². The number of halogens is 3. The lowest BCUT2D eigenvalue weighted by Crippen LogP contribution is -2.15. The average molecular weight is 316 g/mol. The second kappa shape index (κ2) is 6.02. The number of hydrogen-bond donors (Lipinski definition) is 2. The number of H-pyrrole nitrogens is 1. The van der Waals surface area contributed by atoms with E-state index < -0.39 is 29.8 Å². The molecular formula is C12H11F3N4O3. The van der Waals surface area contributed by atoms with Crippen LogP contribution in [0.1, 0.15) is 5.69 Å². The number of aliphatic hydroxyl groups is 1. The Morgan fingerprint density at radius 2 is 1.91 bits per heavy atom. The molecule has 22 heavy (non-hydrogen) atoms. The van der Waals surface area contributed by atoms with Crippen molar-refractivity contribution in [2.75, 3.05) is 7.11 Å². The summed E-state index contributed by atoms with van der Waals surface area (Å²) in [6, 6.07) is 6.02. The number of aliphatic hydroxyl groups excluding tert-OH is 1. The van der Waals surface area contributed by atoms with Gasteiger partial charge < -0.3 is 9.84 Å². The summed E-state index contributed by atoms with van der Waals surface area (Å²) in [6.07, 6.45) is -4.83. The molecule has 0 saturated carbocycles. The molecule has 0 unspecified atom stereocenters. The number of azo groups is 1. The van der Waals surface area contributed by atoms with Crippen molar-refractivity contribution in [2.45, 2.75) is 12.9 Å². The Morgan fingerprint density at radius 1 is 1.27 bits per heavy atom. The highest BCUT2D eigenvalue weighted by molar-refractivity contribution is 5.44. The van der Waals surface area contributed by atoms with E-state index in [4.69, 9.17) is 9.84 Å². The van der Waals surface area contributed by atoms with E-state index >= 15 is 0 Å². The van der Waals surface area contributed by atoms with Crippen LogP contribution in [0.2, 0.25) is 0 Å². The highest BCUT2D eigenvalue weighted by Gasteiger charge is 2.38. The van der Waals surface area contributed by atoms with Crippen LogP contribution in [0, 0.1) is 0 Å². The minimum absolute atomic E-state index is 0.241. The predicted molar refractivity (Wildman–Crippen MR) is 69.4 cm³/mol. The fourth-order valence-corrected chi connectivity index (χ4v) is 1.62. The van der Waals surface area contributed by atoms with Crippen molar-refractivity contribution in [2.24, 2.45) is 10.2 Å². The van der Waals surface area contributed by atoms with Crippen LogP contribution in [0.4, 0.5) is 24.5 Å². The first kappa shape index (κ1) is 15.8. The topological polar surface area (TPSA) is 92.0 Å². The van der Waals surface area contributed by atoms with Gasteiger partial charge in [0.05, 0.1) is 12.8 Å². The zero-order chi connectivity index (χ0) is 16.3. The Balaban J connectivity index is 2.41. The molecule has 1 aromatic carbocycles. The molecule has 0 bridgehead atoms. The molecule has 0 aliphatic heterocycles. The lowest BCUT2D eigenvalue weighted by atomic mass is 10.3. The molecular weight excluding hydrogens is 305 g/mol. The highest BCUT2D eigenvalue weighted by atomic mass is 19.4. The Hall–Kier alpha value is -2.62. The van der Waals surface area contributed by atoms with E-state index in [0.717, 1.165) is 0 Å². The second-order valence-corrected chi connectivity index (χ2v) is 4.11. The maximum Gasteiger partial charge on any atom is 0.435 e. The summed E-state index contributed by atoms with van der Waals surface area (Å²) < 4.78 is 43.8. The Kier molecular flexibility index (Phi) is 4.31. The zero-order valence-corrected chi connectivity index (χ0v) is 11.3. The SMILES string of the molecule is COc1ccc(N=Nc2c(C(F)(F)F)[nH]n(CO)c2=O)cc1. The lowest BCUT2D eigenvalue weighted by molar-refractivity contribution is -0.141. The summed E-state index contributed by atoms with van der Waals surface area (Å²) in [5, 5.41) is 17.5. The maximum atomic E-state index is 12.8. The molecule has 118 valence electrons. The minimum Gasteiger partial charge on any atom is -0.497 e. The van der Waals surface area contributed by atoms with Gasteiger partial charge in [-0.05, 0) is 24.3 Å². The van der Waals surface area contributed by atoms with Crippen LogP contribution in [0.3, 0.4) is 0 Å². The minimum atomic E-state index is -4.83. The number of hydrogen-bond acceptors (Lipinski definition) is 5. The van der Waals surface area contributed by atoms with E-state index in [1.165, 1.54) is 19.2 Å². The Labute approximate surface area is 121 Å². The number of benzene rings is 1. The molecule has 10 heteroatoms. The van der Waals surface area contributed by atoms with Gasteiger partial charge in [0.15, 0.2) is 11.4 Å². The van der Waals surface area contributed by atoms with E-state index in [0.29, 0.717) is 10.4 Å². The third-order valence-electron chi connectivity index (χ3n) is 2.69.